The molecule has 0 saturated heterocycles. The number of benzene rings is 1. The van der Waals surface area contributed by atoms with Crippen LogP contribution in [0.3, 0.4) is 0 Å². The minimum atomic E-state index is -0.251. The number of thioether (sulfide) groups is 1. The van der Waals surface area contributed by atoms with Gasteiger partial charge in [0.2, 0.25) is 0 Å². The van der Waals surface area contributed by atoms with Gasteiger partial charge < -0.3 is 4.74 Å². The van der Waals surface area contributed by atoms with Crippen molar-refractivity contribution < 1.29 is 9.53 Å². The fourth-order valence-corrected chi connectivity index (χ4v) is 1.48. The van der Waals surface area contributed by atoms with E-state index < -0.39 is 0 Å². The second-order valence-electron chi connectivity index (χ2n) is 2.61. The van der Waals surface area contributed by atoms with Crippen molar-refractivity contribution in [1.29, 1.82) is 0 Å². The van der Waals surface area contributed by atoms with Crippen molar-refractivity contribution in [3.8, 4) is 0 Å². The number of hydrogen-bond acceptors (Lipinski definition) is 3. The Morgan fingerprint density at radius 1 is 1.43 bits per heavy atom. The number of carbonyl (C=O) groups excluding carboxylic acids is 1. The molecule has 0 amide bonds. The number of hydrogen-bond donors (Lipinski definition) is 0. The van der Waals surface area contributed by atoms with Crippen LogP contribution >= 0.6 is 11.8 Å². The Morgan fingerprint density at radius 3 is 2.79 bits per heavy atom. The number of esters is 1. The molecule has 0 unspecified atom stereocenters. The van der Waals surface area contributed by atoms with E-state index in [1.807, 2.05) is 41.8 Å². The fourth-order valence-electron chi connectivity index (χ4n) is 0.830. The normalized spacial score (nSPS) is 10.4. The van der Waals surface area contributed by atoms with E-state index in [2.05, 4.69) is 0 Å². The highest BCUT2D eigenvalue weighted by Crippen LogP contribution is 2.17. The quantitative estimate of drug-likeness (QED) is 0.562. The molecule has 1 aromatic carbocycles. The molecule has 0 saturated carbocycles. The van der Waals surface area contributed by atoms with Crippen LogP contribution in [0, 0.1) is 0 Å². The Balaban J connectivity index is 2.24. The second kappa shape index (κ2) is 6.27. The monoisotopic (exact) mass is 208 g/mol. The molecule has 0 aromatic heterocycles. The van der Waals surface area contributed by atoms with E-state index in [-0.39, 0.29) is 5.97 Å². The highest BCUT2D eigenvalue weighted by molar-refractivity contribution is 8.02. The van der Waals surface area contributed by atoms with Gasteiger partial charge in [-0.05, 0) is 23.6 Å². The molecule has 0 spiro atoms. The SMILES string of the molecule is CC(=O)OCC=CSc1ccccc1. The van der Waals surface area contributed by atoms with Gasteiger partial charge >= 0.3 is 5.97 Å². The van der Waals surface area contributed by atoms with Crippen LogP contribution in [0.1, 0.15) is 6.92 Å². The average Bonchev–Trinajstić information content (AvgIpc) is 2.18. The summed E-state index contributed by atoms with van der Waals surface area (Å²) in [6.45, 7) is 1.74. The van der Waals surface area contributed by atoms with Crippen LogP contribution in [0.25, 0.3) is 0 Å². The minimum Gasteiger partial charge on any atom is -0.462 e. The molecule has 74 valence electrons. The molecule has 0 heterocycles. The summed E-state index contributed by atoms with van der Waals surface area (Å²) < 4.78 is 4.74. The summed E-state index contributed by atoms with van der Waals surface area (Å²) in [7, 11) is 0. The zero-order valence-electron chi connectivity index (χ0n) is 7.97. The molecule has 0 atom stereocenters. The summed E-state index contributed by atoms with van der Waals surface area (Å²) in [4.78, 5) is 11.6. The lowest BCUT2D eigenvalue weighted by atomic mass is 10.4. The van der Waals surface area contributed by atoms with Gasteiger partial charge in [0.15, 0.2) is 0 Å². The van der Waals surface area contributed by atoms with Gasteiger partial charge in [0, 0.05) is 11.8 Å². The Hall–Kier alpha value is -1.22. The van der Waals surface area contributed by atoms with Gasteiger partial charge in [-0.3, -0.25) is 4.79 Å². The summed E-state index contributed by atoms with van der Waals surface area (Å²) in [5.74, 6) is -0.251. The van der Waals surface area contributed by atoms with E-state index >= 15 is 0 Å². The number of rotatable bonds is 4. The summed E-state index contributed by atoms with van der Waals surface area (Å²) in [6, 6.07) is 10.0. The zero-order valence-corrected chi connectivity index (χ0v) is 8.79. The van der Waals surface area contributed by atoms with E-state index in [0.717, 1.165) is 0 Å². The van der Waals surface area contributed by atoms with Crippen LogP contribution in [0.5, 0.6) is 0 Å². The number of ether oxygens (including phenoxy) is 1. The first-order chi connectivity index (χ1) is 6.79. The Kier molecular flexibility index (Phi) is 4.86. The summed E-state index contributed by atoms with van der Waals surface area (Å²) >= 11 is 1.60. The summed E-state index contributed by atoms with van der Waals surface area (Å²) in [5.41, 5.74) is 0. The summed E-state index contributed by atoms with van der Waals surface area (Å²) in [6.07, 6.45) is 1.82. The predicted octanol–water partition coefficient (Wildman–Crippen LogP) is 2.86. The molecular formula is C11H12O2S. The maximum atomic E-state index is 10.4. The molecule has 0 radical (unpaired) electrons. The first-order valence-electron chi connectivity index (χ1n) is 4.29. The number of carbonyl (C=O) groups is 1. The van der Waals surface area contributed by atoms with Crippen molar-refractivity contribution in [3.63, 3.8) is 0 Å². The third-order valence-corrected chi connectivity index (χ3v) is 2.30. The van der Waals surface area contributed by atoms with Gasteiger partial charge in [-0.15, -0.1) is 0 Å². The largest absolute Gasteiger partial charge is 0.462 e. The molecule has 0 bridgehead atoms. The van der Waals surface area contributed by atoms with Crippen LogP contribution < -0.4 is 0 Å². The molecule has 0 aliphatic carbocycles. The third-order valence-electron chi connectivity index (χ3n) is 1.43. The predicted molar refractivity (Wildman–Crippen MR) is 58.1 cm³/mol. The topological polar surface area (TPSA) is 26.3 Å². The molecule has 0 N–H and O–H groups in total. The molecule has 0 aliphatic rings. The second-order valence-corrected chi connectivity index (χ2v) is 3.58. The Morgan fingerprint density at radius 2 is 2.14 bits per heavy atom. The third kappa shape index (κ3) is 4.72. The minimum absolute atomic E-state index is 0.251. The van der Waals surface area contributed by atoms with Crippen molar-refractivity contribution in [1.82, 2.24) is 0 Å². The highest BCUT2D eigenvalue weighted by Gasteiger charge is 1.88. The van der Waals surface area contributed by atoms with E-state index in [1.54, 1.807) is 11.8 Å². The van der Waals surface area contributed by atoms with Gasteiger partial charge in [-0.2, -0.15) is 0 Å². The smallest absolute Gasteiger partial charge is 0.302 e. The van der Waals surface area contributed by atoms with Gasteiger partial charge in [0.05, 0.1) is 0 Å². The van der Waals surface area contributed by atoms with Crippen LogP contribution in [-0.2, 0) is 9.53 Å². The van der Waals surface area contributed by atoms with Crippen LogP contribution in [0.4, 0.5) is 0 Å². The van der Waals surface area contributed by atoms with E-state index in [9.17, 15) is 4.79 Å². The summed E-state index contributed by atoms with van der Waals surface area (Å²) in [5, 5.41) is 1.91. The van der Waals surface area contributed by atoms with Crippen molar-refractivity contribution in [2.75, 3.05) is 6.61 Å². The van der Waals surface area contributed by atoms with Gasteiger partial charge in [0.25, 0.3) is 0 Å². The van der Waals surface area contributed by atoms with E-state index in [4.69, 9.17) is 4.74 Å². The lowest BCUT2D eigenvalue weighted by Crippen LogP contribution is -1.96. The maximum Gasteiger partial charge on any atom is 0.302 e. The zero-order chi connectivity index (χ0) is 10.2. The van der Waals surface area contributed by atoms with Crippen LogP contribution in [-0.4, -0.2) is 12.6 Å². The average molecular weight is 208 g/mol. The standard InChI is InChI=1S/C11H12O2S/c1-10(12)13-8-5-9-14-11-6-3-2-4-7-11/h2-7,9H,8H2,1H3. The first kappa shape index (κ1) is 10.9. The molecule has 2 nitrogen and oxygen atoms in total. The lowest BCUT2D eigenvalue weighted by Gasteiger charge is -1.95. The molecule has 0 fully saturated rings. The Labute approximate surface area is 88.0 Å². The molecular weight excluding hydrogens is 196 g/mol. The lowest BCUT2D eigenvalue weighted by molar-refractivity contribution is -0.139. The van der Waals surface area contributed by atoms with Crippen molar-refractivity contribution in [3.05, 3.63) is 41.8 Å². The molecule has 14 heavy (non-hydrogen) atoms. The first-order valence-corrected chi connectivity index (χ1v) is 5.17. The van der Waals surface area contributed by atoms with E-state index in [0.29, 0.717) is 6.61 Å². The molecule has 3 heteroatoms. The van der Waals surface area contributed by atoms with Gasteiger partial charge in [-0.1, -0.05) is 30.0 Å². The van der Waals surface area contributed by atoms with E-state index in [1.165, 1.54) is 11.8 Å². The maximum absolute atomic E-state index is 10.4. The fraction of sp³-hybridized carbons (Fsp3) is 0.182. The van der Waals surface area contributed by atoms with Crippen LogP contribution in [0.2, 0.25) is 0 Å². The molecule has 1 rings (SSSR count). The van der Waals surface area contributed by atoms with Gasteiger partial charge in [-0.25, -0.2) is 0 Å². The van der Waals surface area contributed by atoms with Crippen LogP contribution in [0.15, 0.2) is 46.7 Å². The van der Waals surface area contributed by atoms with Crippen molar-refractivity contribution in [2.45, 2.75) is 11.8 Å². The molecule has 0 aliphatic heterocycles. The highest BCUT2D eigenvalue weighted by atomic mass is 32.2. The van der Waals surface area contributed by atoms with Gasteiger partial charge in [0.1, 0.15) is 6.61 Å². The molecule has 1 aromatic rings. The van der Waals surface area contributed by atoms with Crippen molar-refractivity contribution in [2.24, 2.45) is 0 Å². The Bertz CT molecular complexity index is 306. The van der Waals surface area contributed by atoms with Crippen molar-refractivity contribution >= 4 is 17.7 Å².